The summed E-state index contributed by atoms with van der Waals surface area (Å²) >= 11 is 2.92. The van der Waals surface area contributed by atoms with E-state index >= 15 is 0 Å². The Kier molecular flexibility index (Phi) is 3.09. The summed E-state index contributed by atoms with van der Waals surface area (Å²) in [5.74, 6) is -1.84. The second-order valence-corrected chi connectivity index (χ2v) is 4.95. The Morgan fingerprint density at radius 3 is 2.65 bits per heavy atom. The third-order valence-corrected chi connectivity index (χ3v) is 3.64. The predicted molar refractivity (Wildman–Crippen MR) is 63.7 cm³/mol. The van der Waals surface area contributed by atoms with E-state index in [1.165, 1.54) is 12.1 Å². The SMILES string of the molecule is O=C(O)c1ccc(NC2(CO)CC2)c(F)c1Br. The maximum absolute atomic E-state index is 13.9. The molecule has 1 saturated carbocycles. The lowest BCUT2D eigenvalue weighted by Gasteiger charge is -2.17. The Morgan fingerprint density at radius 1 is 1.53 bits per heavy atom. The van der Waals surface area contributed by atoms with Gasteiger partial charge in [0.15, 0.2) is 5.82 Å². The van der Waals surface area contributed by atoms with E-state index in [4.69, 9.17) is 10.2 Å². The van der Waals surface area contributed by atoms with Gasteiger partial charge in [0.1, 0.15) is 0 Å². The number of aliphatic hydroxyl groups is 1. The molecule has 1 fully saturated rings. The van der Waals surface area contributed by atoms with E-state index in [0.29, 0.717) is 0 Å². The first-order valence-electron chi connectivity index (χ1n) is 5.09. The molecule has 0 aliphatic heterocycles. The third kappa shape index (κ3) is 2.28. The Bertz CT molecular complexity index is 474. The smallest absolute Gasteiger partial charge is 0.336 e. The number of carbonyl (C=O) groups is 1. The largest absolute Gasteiger partial charge is 0.478 e. The van der Waals surface area contributed by atoms with E-state index < -0.39 is 17.3 Å². The Labute approximate surface area is 106 Å². The van der Waals surface area contributed by atoms with Crippen molar-refractivity contribution in [3.05, 3.63) is 28.0 Å². The summed E-state index contributed by atoms with van der Waals surface area (Å²) in [6, 6.07) is 2.70. The second-order valence-electron chi connectivity index (χ2n) is 4.16. The average molecular weight is 304 g/mol. The molecule has 0 spiro atoms. The lowest BCUT2D eigenvalue weighted by atomic mass is 10.1. The molecule has 0 unspecified atom stereocenters. The van der Waals surface area contributed by atoms with E-state index in [-0.39, 0.29) is 22.3 Å². The summed E-state index contributed by atoms with van der Waals surface area (Å²) in [7, 11) is 0. The number of benzene rings is 1. The second kappa shape index (κ2) is 4.27. The highest BCUT2D eigenvalue weighted by Crippen LogP contribution is 2.40. The molecular weight excluding hydrogens is 293 g/mol. The molecule has 3 N–H and O–H groups in total. The summed E-state index contributed by atoms with van der Waals surface area (Å²) in [4.78, 5) is 10.8. The van der Waals surface area contributed by atoms with Crippen LogP contribution in [0.2, 0.25) is 0 Å². The minimum absolute atomic E-state index is 0.0647. The van der Waals surface area contributed by atoms with Crippen molar-refractivity contribution < 1.29 is 19.4 Å². The standard InChI is InChI=1S/C11H11BrFNO3/c12-8-6(10(16)17)1-2-7(9(8)13)14-11(5-15)3-4-11/h1-2,14-15H,3-5H2,(H,16,17). The number of rotatable bonds is 4. The molecule has 17 heavy (non-hydrogen) atoms. The summed E-state index contributed by atoms with van der Waals surface area (Å²) in [6.07, 6.45) is 1.56. The molecule has 0 atom stereocenters. The molecule has 1 aliphatic carbocycles. The maximum atomic E-state index is 13.9. The molecule has 0 aromatic heterocycles. The summed E-state index contributed by atoms with van der Waals surface area (Å²) in [5.41, 5.74) is -0.360. The normalized spacial score (nSPS) is 16.6. The highest BCUT2D eigenvalue weighted by Gasteiger charge is 2.42. The lowest BCUT2D eigenvalue weighted by molar-refractivity contribution is 0.0695. The zero-order valence-corrected chi connectivity index (χ0v) is 10.4. The van der Waals surface area contributed by atoms with Gasteiger partial charge in [-0.2, -0.15) is 0 Å². The fourth-order valence-electron chi connectivity index (χ4n) is 1.57. The molecule has 2 rings (SSSR count). The van der Waals surface area contributed by atoms with Crippen molar-refractivity contribution in [3.63, 3.8) is 0 Å². The van der Waals surface area contributed by atoms with Crippen LogP contribution in [0.1, 0.15) is 23.2 Å². The minimum Gasteiger partial charge on any atom is -0.478 e. The first-order valence-corrected chi connectivity index (χ1v) is 5.89. The van der Waals surface area contributed by atoms with Crippen molar-refractivity contribution in [2.45, 2.75) is 18.4 Å². The van der Waals surface area contributed by atoms with Crippen molar-refractivity contribution in [1.82, 2.24) is 0 Å². The predicted octanol–water partition coefficient (Wildman–Crippen LogP) is 2.22. The third-order valence-electron chi connectivity index (χ3n) is 2.87. The van der Waals surface area contributed by atoms with Crippen LogP contribution in [0.15, 0.2) is 16.6 Å². The number of anilines is 1. The lowest BCUT2D eigenvalue weighted by Crippen LogP contribution is -2.26. The zero-order valence-electron chi connectivity index (χ0n) is 8.83. The van der Waals surface area contributed by atoms with Crippen LogP contribution in [-0.4, -0.2) is 28.3 Å². The molecule has 92 valence electrons. The maximum Gasteiger partial charge on any atom is 0.336 e. The first-order chi connectivity index (χ1) is 7.99. The van der Waals surface area contributed by atoms with E-state index in [1.54, 1.807) is 0 Å². The van der Waals surface area contributed by atoms with Crippen LogP contribution in [0.4, 0.5) is 10.1 Å². The Morgan fingerprint density at radius 2 is 2.18 bits per heavy atom. The molecule has 0 heterocycles. The van der Waals surface area contributed by atoms with E-state index in [2.05, 4.69) is 21.2 Å². The van der Waals surface area contributed by atoms with E-state index in [1.807, 2.05) is 0 Å². The number of nitrogens with one attached hydrogen (secondary N) is 1. The van der Waals surface area contributed by atoms with Gasteiger partial charge in [0.2, 0.25) is 0 Å². The molecule has 1 aromatic carbocycles. The van der Waals surface area contributed by atoms with Crippen molar-refractivity contribution in [1.29, 1.82) is 0 Å². The van der Waals surface area contributed by atoms with Crippen molar-refractivity contribution in [2.24, 2.45) is 0 Å². The van der Waals surface area contributed by atoms with Gasteiger partial charge in [0.25, 0.3) is 0 Å². The van der Waals surface area contributed by atoms with Gasteiger partial charge in [-0.1, -0.05) is 0 Å². The number of aliphatic hydroxyl groups excluding tert-OH is 1. The van der Waals surface area contributed by atoms with Gasteiger partial charge in [-0.25, -0.2) is 9.18 Å². The number of halogens is 2. The number of aromatic carboxylic acids is 1. The molecule has 4 nitrogen and oxygen atoms in total. The molecule has 6 heteroatoms. The first kappa shape index (κ1) is 12.3. The van der Waals surface area contributed by atoms with Crippen LogP contribution in [0.25, 0.3) is 0 Å². The average Bonchev–Trinajstić information content (AvgIpc) is 3.05. The zero-order chi connectivity index (χ0) is 12.6. The van der Waals surface area contributed by atoms with Gasteiger partial charge in [0.05, 0.1) is 27.9 Å². The van der Waals surface area contributed by atoms with Crippen molar-refractivity contribution in [3.8, 4) is 0 Å². The highest BCUT2D eigenvalue weighted by atomic mass is 79.9. The van der Waals surface area contributed by atoms with Crippen LogP contribution in [0.5, 0.6) is 0 Å². The summed E-state index contributed by atoms with van der Waals surface area (Å²) in [5, 5.41) is 20.9. The topological polar surface area (TPSA) is 69.6 Å². The van der Waals surface area contributed by atoms with Crippen molar-refractivity contribution in [2.75, 3.05) is 11.9 Å². The number of carboxylic acids is 1. The molecule has 1 aliphatic rings. The number of hydrogen-bond acceptors (Lipinski definition) is 3. The Hall–Kier alpha value is -1.14. The molecular formula is C11H11BrFNO3. The summed E-state index contributed by atoms with van der Waals surface area (Å²) in [6.45, 7) is -0.0647. The molecule has 0 bridgehead atoms. The van der Waals surface area contributed by atoms with Gasteiger partial charge >= 0.3 is 5.97 Å². The molecule has 0 amide bonds. The van der Waals surface area contributed by atoms with Crippen LogP contribution in [0, 0.1) is 5.82 Å². The van der Waals surface area contributed by atoms with Gasteiger partial charge in [-0.05, 0) is 40.9 Å². The summed E-state index contributed by atoms with van der Waals surface area (Å²) < 4.78 is 13.8. The fraction of sp³-hybridized carbons (Fsp3) is 0.364. The van der Waals surface area contributed by atoms with Gasteiger partial charge in [-0.3, -0.25) is 0 Å². The minimum atomic E-state index is -1.19. The molecule has 0 radical (unpaired) electrons. The highest BCUT2D eigenvalue weighted by molar-refractivity contribution is 9.10. The van der Waals surface area contributed by atoms with Crippen LogP contribution in [-0.2, 0) is 0 Å². The van der Waals surface area contributed by atoms with Crippen LogP contribution < -0.4 is 5.32 Å². The van der Waals surface area contributed by atoms with Gasteiger partial charge in [0, 0.05) is 0 Å². The molecule has 0 saturated heterocycles. The van der Waals surface area contributed by atoms with Crippen LogP contribution in [0.3, 0.4) is 0 Å². The van der Waals surface area contributed by atoms with E-state index in [9.17, 15) is 9.18 Å². The van der Waals surface area contributed by atoms with E-state index in [0.717, 1.165) is 12.8 Å². The van der Waals surface area contributed by atoms with Crippen molar-refractivity contribution >= 4 is 27.6 Å². The number of hydrogen-bond donors (Lipinski definition) is 3. The van der Waals surface area contributed by atoms with Crippen LogP contribution >= 0.6 is 15.9 Å². The van der Waals surface area contributed by atoms with Gasteiger partial charge < -0.3 is 15.5 Å². The Balaban J connectivity index is 2.31. The van der Waals surface area contributed by atoms with Gasteiger partial charge in [-0.15, -0.1) is 0 Å². The molecule has 1 aromatic rings. The fourth-order valence-corrected chi connectivity index (χ4v) is 2.09. The monoisotopic (exact) mass is 303 g/mol. The number of carboxylic acid groups (broad SMARTS) is 1. The quantitative estimate of drug-likeness (QED) is 0.798.